The minimum atomic E-state index is 0.0228. The van der Waals surface area contributed by atoms with Gasteiger partial charge >= 0.3 is 0 Å². The molecule has 0 saturated heterocycles. The Morgan fingerprint density at radius 1 is 1.47 bits per heavy atom. The third kappa shape index (κ3) is 9.65. The Bertz CT molecular complexity index is 174. The summed E-state index contributed by atoms with van der Waals surface area (Å²) < 4.78 is 5.09. The molecule has 0 saturated carbocycles. The van der Waals surface area contributed by atoms with Crippen LogP contribution in [0, 0.1) is 0 Å². The van der Waals surface area contributed by atoms with Gasteiger partial charge in [0.15, 0.2) is 0 Å². The molecule has 90 valence electrons. The summed E-state index contributed by atoms with van der Waals surface area (Å²) in [5.74, 6) is 0.0228. The number of nitrogens with zero attached hydrogens (tertiary/aromatic N) is 1. The summed E-state index contributed by atoms with van der Waals surface area (Å²) in [6, 6.07) is 0.177. The Kier molecular flexibility index (Phi) is 8.27. The lowest BCUT2D eigenvalue weighted by Gasteiger charge is -2.17. The van der Waals surface area contributed by atoms with Crippen LogP contribution in [0.4, 0.5) is 0 Å². The Hall–Kier alpha value is -0.650. The van der Waals surface area contributed by atoms with Crippen molar-refractivity contribution in [3.05, 3.63) is 0 Å². The first kappa shape index (κ1) is 14.3. The standard InChI is InChI=1S/C10H22N2O3/c1-9(2)11-10(14)8-12(3)4-6-15-7-5-13/h9,13H,4-8H2,1-3H3,(H,11,14). The lowest BCUT2D eigenvalue weighted by atomic mass is 10.4. The molecule has 0 heterocycles. The highest BCUT2D eigenvalue weighted by Crippen LogP contribution is 1.85. The van der Waals surface area contributed by atoms with E-state index >= 15 is 0 Å². The number of carbonyl (C=O) groups is 1. The van der Waals surface area contributed by atoms with Gasteiger partial charge in [0.05, 0.1) is 26.4 Å². The van der Waals surface area contributed by atoms with E-state index in [1.165, 1.54) is 0 Å². The van der Waals surface area contributed by atoms with Crippen LogP contribution in [-0.2, 0) is 9.53 Å². The van der Waals surface area contributed by atoms with Crippen molar-refractivity contribution in [2.24, 2.45) is 0 Å². The highest BCUT2D eigenvalue weighted by atomic mass is 16.5. The largest absolute Gasteiger partial charge is 0.394 e. The summed E-state index contributed by atoms with van der Waals surface area (Å²) >= 11 is 0. The number of aliphatic hydroxyl groups excluding tert-OH is 1. The molecule has 0 aromatic carbocycles. The molecule has 5 heteroatoms. The number of ether oxygens (including phenoxy) is 1. The third-order valence-electron chi connectivity index (χ3n) is 1.72. The van der Waals surface area contributed by atoms with Crippen LogP contribution in [0.5, 0.6) is 0 Å². The number of nitrogens with one attached hydrogen (secondary N) is 1. The van der Waals surface area contributed by atoms with Crippen LogP contribution in [0.2, 0.25) is 0 Å². The quantitative estimate of drug-likeness (QED) is 0.537. The molecule has 1 amide bonds. The van der Waals surface area contributed by atoms with E-state index in [4.69, 9.17) is 9.84 Å². The molecular weight excluding hydrogens is 196 g/mol. The van der Waals surface area contributed by atoms with Gasteiger partial charge in [-0.25, -0.2) is 0 Å². The predicted molar refractivity (Wildman–Crippen MR) is 58.7 cm³/mol. The Balaban J connectivity index is 3.46. The lowest BCUT2D eigenvalue weighted by molar-refractivity contribution is -0.122. The van der Waals surface area contributed by atoms with Crippen molar-refractivity contribution in [1.82, 2.24) is 10.2 Å². The van der Waals surface area contributed by atoms with Crippen LogP contribution in [0.1, 0.15) is 13.8 Å². The first-order valence-electron chi connectivity index (χ1n) is 5.22. The van der Waals surface area contributed by atoms with E-state index in [0.29, 0.717) is 26.3 Å². The van der Waals surface area contributed by atoms with Gasteiger partial charge in [-0.2, -0.15) is 0 Å². The van der Waals surface area contributed by atoms with Gasteiger partial charge in [-0.1, -0.05) is 0 Å². The molecule has 0 rings (SSSR count). The number of carbonyl (C=O) groups excluding carboxylic acids is 1. The van der Waals surface area contributed by atoms with Crippen LogP contribution in [-0.4, -0.2) is 61.9 Å². The summed E-state index contributed by atoms with van der Waals surface area (Å²) in [7, 11) is 1.86. The number of hydrogen-bond donors (Lipinski definition) is 2. The molecule has 0 spiro atoms. The van der Waals surface area contributed by atoms with Crippen molar-refractivity contribution in [2.45, 2.75) is 19.9 Å². The second kappa shape index (κ2) is 8.64. The van der Waals surface area contributed by atoms with Crippen molar-refractivity contribution < 1.29 is 14.6 Å². The maximum Gasteiger partial charge on any atom is 0.234 e. The van der Waals surface area contributed by atoms with Crippen LogP contribution >= 0.6 is 0 Å². The van der Waals surface area contributed by atoms with Gasteiger partial charge in [-0.3, -0.25) is 9.69 Å². The highest BCUT2D eigenvalue weighted by molar-refractivity contribution is 5.78. The van der Waals surface area contributed by atoms with E-state index in [-0.39, 0.29) is 18.6 Å². The average Bonchev–Trinajstić information content (AvgIpc) is 2.10. The Morgan fingerprint density at radius 2 is 2.13 bits per heavy atom. The van der Waals surface area contributed by atoms with Gasteiger partial charge in [0.25, 0.3) is 0 Å². The third-order valence-corrected chi connectivity index (χ3v) is 1.72. The molecule has 0 bridgehead atoms. The molecule has 5 nitrogen and oxygen atoms in total. The smallest absolute Gasteiger partial charge is 0.234 e. The predicted octanol–water partition coefficient (Wildman–Crippen LogP) is -0.548. The molecule has 15 heavy (non-hydrogen) atoms. The normalized spacial score (nSPS) is 11.1. The topological polar surface area (TPSA) is 61.8 Å². The maximum absolute atomic E-state index is 11.3. The van der Waals surface area contributed by atoms with Gasteiger partial charge < -0.3 is 15.2 Å². The van der Waals surface area contributed by atoms with Crippen LogP contribution < -0.4 is 5.32 Å². The number of hydrogen-bond acceptors (Lipinski definition) is 4. The zero-order valence-corrected chi connectivity index (χ0v) is 9.82. The van der Waals surface area contributed by atoms with Crippen LogP contribution in [0.15, 0.2) is 0 Å². The average molecular weight is 218 g/mol. The van der Waals surface area contributed by atoms with Crippen molar-refractivity contribution >= 4 is 5.91 Å². The van der Waals surface area contributed by atoms with Crippen molar-refractivity contribution in [3.63, 3.8) is 0 Å². The van der Waals surface area contributed by atoms with Crippen molar-refractivity contribution in [1.29, 1.82) is 0 Å². The van der Waals surface area contributed by atoms with Gasteiger partial charge in [0.2, 0.25) is 5.91 Å². The molecule has 0 aliphatic carbocycles. The number of amides is 1. The molecular formula is C10H22N2O3. The number of likely N-dealkylation sites (N-methyl/N-ethyl adjacent to an activating group) is 1. The van der Waals surface area contributed by atoms with Crippen molar-refractivity contribution in [2.75, 3.05) is 40.0 Å². The molecule has 0 unspecified atom stereocenters. The van der Waals surface area contributed by atoms with E-state index in [1.54, 1.807) is 0 Å². The first-order valence-corrected chi connectivity index (χ1v) is 5.22. The minimum absolute atomic E-state index is 0.0228. The van der Waals surface area contributed by atoms with E-state index < -0.39 is 0 Å². The molecule has 0 aromatic heterocycles. The van der Waals surface area contributed by atoms with E-state index in [1.807, 2.05) is 25.8 Å². The fourth-order valence-electron chi connectivity index (χ4n) is 1.08. The van der Waals surface area contributed by atoms with E-state index in [9.17, 15) is 4.79 Å². The monoisotopic (exact) mass is 218 g/mol. The lowest BCUT2D eigenvalue weighted by Crippen LogP contribution is -2.39. The zero-order chi connectivity index (χ0) is 11.7. The Morgan fingerprint density at radius 3 is 2.67 bits per heavy atom. The van der Waals surface area contributed by atoms with Gasteiger partial charge in [-0.05, 0) is 20.9 Å². The second-order valence-corrected chi connectivity index (χ2v) is 3.80. The molecule has 0 aliphatic rings. The minimum Gasteiger partial charge on any atom is -0.394 e. The molecule has 0 atom stereocenters. The molecule has 0 aliphatic heterocycles. The highest BCUT2D eigenvalue weighted by Gasteiger charge is 2.06. The molecule has 0 fully saturated rings. The molecule has 0 radical (unpaired) electrons. The fraction of sp³-hybridized carbons (Fsp3) is 0.900. The number of aliphatic hydroxyl groups is 1. The van der Waals surface area contributed by atoms with Crippen LogP contribution in [0.25, 0.3) is 0 Å². The number of rotatable bonds is 8. The van der Waals surface area contributed by atoms with E-state index in [2.05, 4.69) is 5.32 Å². The van der Waals surface area contributed by atoms with Gasteiger partial charge in [0.1, 0.15) is 0 Å². The summed E-state index contributed by atoms with van der Waals surface area (Å²) in [4.78, 5) is 13.2. The molecule has 0 aromatic rings. The summed E-state index contributed by atoms with van der Waals surface area (Å²) in [6.07, 6.45) is 0. The maximum atomic E-state index is 11.3. The summed E-state index contributed by atoms with van der Waals surface area (Å²) in [5.41, 5.74) is 0. The Labute approximate surface area is 91.4 Å². The zero-order valence-electron chi connectivity index (χ0n) is 9.82. The second-order valence-electron chi connectivity index (χ2n) is 3.80. The van der Waals surface area contributed by atoms with Crippen LogP contribution in [0.3, 0.4) is 0 Å². The fourth-order valence-corrected chi connectivity index (χ4v) is 1.08. The summed E-state index contributed by atoms with van der Waals surface area (Å²) in [6.45, 7) is 5.85. The van der Waals surface area contributed by atoms with E-state index in [0.717, 1.165) is 0 Å². The van der Waals surface area contributed by atoms with Gasteiger partial charge in [-0.15, -0.1) is 0 Å². The first-order chi connectivity index (χ1) is 7.06. The molecule has 2 N–H and O–H groups in total. The van der Waals surface area contributed by atoms with Crippen molar-refractivity contribution in [3.8, 4) is 0 Å². The SMILES string of the molecule is CC(C)NC(=O)CN(C)CCOCCO. The van der Waals surface area contributed by atoms with Gasteiger partial charge in [0, 0.05) is 12.6 Å². The summed E-state index contributed by atoms with van der Waals surface area (Å²) in [5, 5.41) is 11.3.